The van der Waals surface area contributed by atoms with Crippen molar-refractivity contribution in [2.45, 2.75) is 142 Å². The summed E-state index contributed by atoms with van der Waals surface area (Å²) in [6, 6.07) is 19.4. The first-order chi connectivity index (χ1) is 54.9. The van der Waals surface area contributed by atoms with E-state index in [1.807, 2.05) is 60.7 Å². The molecule has 2 aromatic rings. The zero-order valence-electron chi connectivity index (χ0n) is 69.4. The summed E-state index contributed by atoms with van der Waals surface area (Å²) in [7, 11) is 0. The van der Waals surface area contributed by atoms with Crippen molar-refractivity contribution in [2.75, 3.05) is 330 Å². The molecule has 0 saturated heterocycles. The number of benzene rings is 2. The van der Waals surface area contributed by atoms with E-state index in [4.69, 9.17) is 123 Å². The fraction of sp³-hybridized carbons (Fsp3) is 0.857. The number of unbranched alkanes of at least 4 members (excludes halogenated alkanes) is 18. The molecule has 0 aromatic heterocycles. The predicted octanol–water partition coefficient (Wildman–Crippen LogP) is 11.5. The van der Waals surface area contributed by atoms with Crippen LogP contribution in [0.4, 0.5) is 0 Å². The highest BCUT2D eigenvalue weighted by Crippen LogP contribution is 2.13. The Labute approximate surface area is 670 Å². The highest BCUT2D eigenvalue weighted by atomic mass is 16.6. The van der Waals surface area contributed by atoms with Crippen molar-refractivity contribution in [1.82, 2.24) is 0 Å². The van der Waals surface area contributed by atoms with Crippen LogP contribution in [0.25, 0.3) is 0 Å². The molecule has 656 valence electrons. The van der Waals surface area contributed by atoms with Gasteiger partial charge in [0.2, 0.25) is 0 Å². The molecule has 0 aliphatic rings. The molecule has 2 rings (SSSR count). The number of rotatable bonds is 96. The minimum Gasteiger partial charge on any atom is -0.491 e. The van der Waals surface area contributed by atoms with Crippen molar-refractivity contribution >= 4 is 0 Å². The Balaban J connectivity index is 0.00000216. The van der Waals surface area contributed by atoms with Gasteiger partial charge in [-0.3, -0.25) is 0 Å². The second-order valence-corrected chi connectivity index (χ2v) is 25.4. The molecular formula is C84H158O27. The van der Waals surface area contributed by atoms with Crippen LogP contribution in [-0.4, -0.2) is 336 Å². The van der Waals surface area contributed by atoms with Crippen LogP contribution in [0.3, 0.4) is 0 Å². The van der Waals surface area contributed by atoms with Crippen molar-refractivity contribution in [3.8, 4) is 11.5 Å². The van der Waals surface area contributed by atoms with Crippen LogP contribution in [-0.2, 0) is 114 Å². The van der Waals surface area contributed by atoms with E-state index in [-0.39, 0.29) is 5.48 Å². The van der Waals surface area contributed by atoms with Gasteiger partial charge in [-0.25, -0.2) is 0 Å². The molecule has 0 saturated carbocycles. The Kier molecular flexibility index (Phi) is 98.5. The molecule has 27 nitrogen and oxygen atoms in total. The smallest absolute Gasteiger partial charge is 0.119 e. The van der Waals surface area contributed by atoms with Crippen molar-refractivity contribution in [2.24, 2.45) is 0 Å². The van der Waals surface area contributed by atoms with Crippen LogP contribution in [0, 0.1) is 0 Å². The largest absolute Gasteiger partial charge is 0.491 e. The highest BCUT2D eigenvalue weighted by Gasteiger charge is 2.03. The molecule has 0 unspecified atom stereocenters. The number of hydrogen-bond donors (Lipinski definition) is 0. The minimum absolute atomic E-state index is 0. The highest BCUT2D eigenvalue weighted by molar-refractivity contribution is 5.21. The standard InChI is InChI=1S/2C42H78O13.H2O/c2*1-2-3-4-5-6-7-8-9-10-14-17-43-18-19-44-20-21-45-22-23-46-24-25-47-26-27-48-28-29-49-30-31-50-32-33-51-34-35-52-36-37-53-38-39-54-40-41-55-42-15-12-11-13-16-42;/h2*11-13,15-16H,2-10,14,17-41H2,1H3;1H2. The van der Waals surface area contributed by atoms with Gasteiger partial charge in [-0.05, 0) is 37.1 Å². The Morgan fingerprint density at radius 2 is 0.252 bits per heavy atom. The van der Waals surface area contributed by atoms with Gasteiger partial charge in [-0.2, -0.15) is 0 Å². The molecule has 0 aliphatic carbocycles. The predicted molar refractivity (Wildman–Crippen MR) is 431 cm³/mol. The zero-order valence-corrected chi connectivity index (χ0v) is 69.4. The maximum Gasteiger partial charge on any atom is 0.119 e. The lowest BCUT2D eigenvalue weighted by atomic mass is 10.1. The van der Waals surface area contributed by atoms with Gasteiger partial charge in [0.1, 0.15) is 24.7 Å². The molecule has 111 heavy (non-hydrogen) atoms. The van der Waals surface area contributed by atoms with Crippen LogP contribution < -0.4 is 9.47 Å². The SMILES string of the molecule is CCCCCCCCCCCCOCCOCCOCCOCCOCCOCCOCCOCCOCCOCCOCCOCCOc1ccccc1.CCCCCCCCCCCCOCCOCCOCCOCCOCCOCCOCCOCCOCCOCCOCCOCCOc1ccccc1.O. The monoisotopic (exact) mass is 1600 g/mol. The summed E-state index contributed by atoms with van der Waals surface area (Å²) >= 11 is 0. The molecule has 0 amide bonds. The number of ether oxygens (including phenoxy) is 26. The van der Waals surface area contributed by atoms with Crippen LogP contribution >= 0.6 is 0 Å². The molecule has 0 fully saturated rings. The van der Waals surface area contributed by atoms with Gasteiger partial charge in [0.25, 0.3) is 0 Å². The van der Waals surface area contributed by atoms with E-state index in [1.54, 1.807) is 0 Å². The second kappa shape index (κ2) is 101. The maximum atomic E-state index is 5.66. The van der Waals surface area contributed by atoms with Crippen LogP contribution in [0.1, 0.15) is 142 Å². The fourth-order valence-electron chi connectivity index (χ4n) is 9.90. The maximum absolute atomic E-state index is 5.66. The van der Waals surface area contributed by atoms with Gasteiger partial charge in [0.05, 0.1) is 304 Å². The molecule has 27 heteroatoms. The van der Waals surface area contributed by atoms with Crippen molar-refractivity contribution < 1.29 is 129 Å². The van der Waals surface area contributed by atoms with E-state index in [1.165, 1.54) is 116 Å². The van der Waals surface area contributed by atoms with Crippen LogP contribution in [0.5, 0.6) is 11.5 Å². The van der Waals surface area contributed by atoms with E-state index >= 15 is 0 Å². The first kappa shape index (κ1) is 108. The molecule has 2 aromatic carbocycles. The van der Waals surface area contributed by atoms with E-state index in [9.17, 15) is 0 Å². The molecular weight excluding hydrogens is 1440 g/mol. The van der Waals surface area contributed by atoms with Crippen molar-refractivity contribution in [1.29, 1.82) is 0 Å². The third-order valence-electron chi connectivity index (χ3n) is 15.9. The van der Waals surface area contributed by atoms with E-state index < -0.39 is 0 Å². The third kappa shape index (κ3) is 95.8. The molecule has 0 aliphatic heterocycles. The summed E-state index contributed by atoms with van der Waals surface area (Å²) in [4.78, 5) is 0. The first-order valence-electron chi connectivity index (χ1n) is 42.1. The van der Waals surface area contributed by atoms with Gasteiger partial charge < -0.3 is 129 Å². The summed E-state index contributed by atoms with van der Waals surface area (Å²) in [5.41, 5.74) is 0. The molecule has 0 atom stereocenters. The number of para-hydroxylation sites is 2. The summed E-state index contributed by atoms with van der Waals surface area (Å²) in [5, 5.41) is 0. The summed E-state index contributed by atoms with van der Waals surface area (Å²) in [5.74, 6) is 1.69. The average Bonchev–Trinajstić information content (AvgIpc) is 1.04. The van der Waals surface area contributed by atoms with Gasteiger partial charge in [0.15, 0.2) is 0 Å². The quantitative estimate of drug-likeness (QED) is 0.0557. The third-order valence-corrected chi connectivity index (χ3v) is 15.9. The Morgan fingerprint density at radius 3 is 0.396 bits per heavy atom. The second-order valence-electron chi connectivity index (χ2n) is 25.4. The van der Waals surface area contributed by atoms with Gasteiger partial charge in [-0.15, -0.1) is 0 Å². The van der Waals surface area contributed by atoms with Gasteiger partial charge >= 0.3 is 0 Å². The Hall–Kier alpha value is -2.96. The summed E-state index contributed by atoms with van der Waals surface area (Å²) in [6.07, 6.45) is 26.8. The van der Waals surface area contributed by atoms with Crippen LogP contribution in [0.2, 0.25) is 0 Å². The van der Waals surface area contributed by atoms with E-state index in [2.05, 4.69) is 13.8 Å². The van der Waals surface area contributed by atoms with Crippen molar-refractivity contribution in [3.63, 3.8) is 0 Å². The first-order valence-corrected chi connectivity index (χ1v) is 42.1. The molecule has 0 bridgehead atoms. The summed E-state index contributed by atoms with van der Waals surface area (Å²) < 4.78 is 144. The van der Waals surface area contributed by atoms with E-state index in [0.29, 0.717) is 317 Å². The number of hydrogen-bond acceptors (Lipinski definition) is 26. The van der Waals surface area contributed by atoms with Gasteiger partial charge in [0, 0.05) is 13.2 Å². The molecule has 0 spiro atoms. The Morgan fingerprint density at radius 1 is 0.135 bits per heavy atom. The fourth-order valence-corrected chi connectivity index (χ4v) is 9.90. The lowest BCUT2D eigenvalue weighted by Gasteiger charge is -2.09. The zero-order chi connectivity index (χ0) is 78.1. The average molecular weight is 1600 g/mol. The van der Waals surface area contributed by atoms with Crippen molar-refractivity contribution in [3.05, 3.63) is 60.7 Å². The lowest BCUT2D eigenvalue weighted by Crippen LogP contribution is -2.15. The normalized spacial score (nSPS) is 11.4. The minimum atomic E-state index is 0. The lowest BCUT2D eigenvalue weighted by molar-refractivity contribution is -0.0285. The van der Waals surface area contributed by atoms with E-state index in [0.717, 1.165) is 37.6 Å². The molecule has 0 heterocycles. The summed E-state index contributed by atoms with van der Waals surface area (Å²) in [6.45, 7) is 31.8. The van der Waals surface area contributed by atoms with Gasteiger partial charge in [-0.1, -0.05) is 166 Å². The molecule has 0 radical (unpaired) electrons. The molecule has 2 N–H and O–H groups in total. The Bertz CT molecular complexity index is 1780. The topological polar surface area (TPSA) is 271 Å². The van der Waals surface area contributed by atoms with Crippen LogP contribution in [0.15, 0.2) is 60.7 Å².